The number of hydrogen-bond acceptors (Lipinski definition) is 4. The Morgan fingerprint density at radius 3 is 2.09 bits per heavy atom. The third-order valence-corrected chi connectivity index (χ3v) is 3.55. The van der Waals surface area contributed by atoms with Crippen molar-refractivity contribution in [3.8, 4) is 5.75 Å². The van der Waals surface area contributed by atoms with E-state index in [9.17, 15) is 9.59 Å². The molecule has 0 bridgehead atoms. The van der Waals surface area contributed by atoms with E-state index >= 15 is 0 Å². The van der Waals surface area contributed by atoms with Crippen molar-refractivity contribution >= 4 is 11.8 Å². The van der Waals surface area contributed by atoms with Crippen molar-refractivity contribution < 1.29 is 19.1 Å². The highest BCUT2D eigenvalue weighted by Crippen LogP contribution is 2.22. The zero-order valence-corrected chi connectivity index (χ0v) is 14.3. The van der Waals surface area contributed by atoms with E-state index in [1.54, 1.807) is 38.3 Å². The highest BCUT2D eigenvalue weighted by molar-refractivity contribution is 5.96. The number of benzene rings is 1. The average Bonchev–Trinajstić information content (AvgIpc) is 2.44. The van der Waals surface area contributed by atoms with Gasteiger partial charge in [-0.3, -0.25) is 9.59 Å². The largest absolute Gasteiger partial charge is 0.497 e. The van der Waals surface area contributed by atoms with Crippen LogP contribution in [-0.4, -0.2) is 24.5 Å². The summed E-state index contributed by atoms with van der Waals surface area (Å²) in [5, 5.41) is 0. The quantitative estimate of drug-likeness (QED) is 0.591. The first kappa shape index (κ1) is 18.2. The Morgan fingerprint density at radius 2 is 1.64 bits per heavy atom. The van der Waals surface area contributed by atoms with Crippen LogP contribution >= 0.6 is 0 Å². The summed E-state index contributed by atoms with van der Waals surface area (Å²) < 4.78 is 10.4. The maximum absolute atomic E-state index is 12.3. The first-order valence-corrected chi connectivity index (χ1v) is 7.54. The molecule has 22 heavy (non-hydrogen) atoms. The van der Waals surface area contributed by atoms with E-state index in [4.69, 9.17) is 9.47 Å². The molecule has 0 unspecified atom stereocenters. The van der Waals surface area contributed by atoms with Crippen LogP contribution in [0, 0.1) is 11.8 Å². The highest BCUT2D eigenvalue weighted by Gasteiger charge is 2.27. The Balaban J connectivity index is 2.64. The van der Waals surface area contributed by atoms with Gasteiger partial charge in [0.2, 0.25) is 0 Å². The van der Waals surface area contributed by atoms with Gasteiger partial charge < -0.3 is 9.47 Å². The summed E-state index contributed by atoms with van der Waals surface area (Å²) in [5.74, 6) is 0.0747. The van der Waals surface area contributed by atoms with E-state index in [0.717, 1.165) is 0 Å². The molecule has 0 spiro atoms. The van der Waals surface area contributed by atoms with Gasteiger partial charge >= 0.3 is 5.97 Å². The molecule has 0 aromatic heterocycles. The van der Waals surface area contributed by atoms with Gasteiger partial charge in [0.05, 0.1) is 13.0 Å². The molecule has 122 valence electrons. The molecular weight excluding hydrogens is 280 g/mol. The van der Waals surface area contributed by atoms with Crippen LogP contribution in [0.4, 0.5) is 0 Å². The zero-order valence-electron chi connectivity index (χ0n) is 14.3. The fraction of sp³-hybridized carbons (Fsp3) is 0.556. The highest BCUT2D eigenvalue weighted by atomic mass is 16.6. The molecule has 1 aromatic carbocycles. The van der Waals surface area contributed by atoms with Crippen molar-refractivity contribution in [1.82, 2.24) is 0 Å². The Kier molecular flexibility index (Phi) is 6.15. The van der Waals surface area contributed by atoms with Gasteiger partial charge in [0.1, 0.15) is 11.4 Å². The van der Waals surface area contributed by atoms with E-state index in [1.165, 1.54) is 0 Å². The van der Waals surface area contributed by atoms with Crippen molar-refractivity contribution in [2.75, 3.05) is 7.11 Å². The van der Waals surface area contributed by atoms with Gasteiger partial charge in [-0.1, -0.05) is 13.8 Å². The number of rotatable bonds is 6. The van der Waals surface area contributed by atoms with Crippen LogP contribution in [0.2, 0.25) is 0 Å². The molecule has 4 heteroatoms. The molecular formula is C18H26O4. The number of ether oxygens (including phenoxy) is 2. The van der Waals surface area contributed by atoms with Gasteiger partial charge in [-0.25, -0.2) is 0 Å². The van der Waals surface area contributed by atoms with Crippen molar-refractivity contribution in [3.05, 3.63) is 29.8 Å². The lowest BCUT2D eigenvalue weighted by molar-refractivity contribution is -0.161. The average molecular weight is 306 g/mol. The second-order valence-corrected chi connectivity index (χ2v) is 6.66. The standard InChI is InChI=1S/C18H26O4/c1-12(13(2)17(20)22-18(3,4)5)11-16(19)14-7-9-15(21-6)10-8-14/h7-10,12-13H,11H2,1-6H3/t12-,13-/m1/s1. The van der Waals surface area contributed by atoms with E-state index in [0.29, 0.717) is 17.7 Å². The van der Waals surface area contributed by atoms with E-state index in [1.807, 2.05) is 27.7 Å². The van der Waals surface area contributed by atoms with Crippen LogP contribution < -0.4 is 4.74 Å². The molecule has 1 rings (SSSR count). The summed E-state index contributed by atoms with van der Waals surface area (Å²) in [5.41, 5.74) is 0.120. The van der Waals surface area contributed by atoms with Gasteiger partial charge in [-0.2, -0.15) is 0 Å². The number of Topliss-reactive ketones (excluding diaryl/α,β-unsaturated/α-hetero) is 1. The summed E-state index contributed by atoms with van der Waals surface area (Å²) >= 11 is 0. The Hall–Kier alpha value is -1.84. The minimum absolute atomic E-state index is 0.0190. The third kappa shape index (κ3) is 5.51. The zero-order chi connectivity index (χ0) is 16.9. The number of ketones is 1. The number of esters is 1. The summed E-state index contributed by atoms with van der Waals surface area (Å²) in [6.07, 6.45) is 0.312. The summed E-state index contributed by atoms with van der Waals surface area (Å²) in [4.78, 5) is 24.3. The topological polar surface area (TPSA) is 52.6 Å². The fourth-order valence-corrected chi connectivity index (χ4v) is 1.99. The lowest BCUT2D eigenvalue weighted by atomic mass is 9.89. The van der Waals surface area contributed by atoms with Crippen LogP contribution in [0.1, 0.15) is 51.4 Å². The summed E-state index contributed by atoms with van der Waals surface area (Å²) in [6, 6.07) is 7.00. The number of methoxy groups -OCH3 is 1. The normalized spacial score (nSPS) is 14.1. The first-order valence-electron chi connectivity index (χ1n) is 7.54. The Labute approximate surface area is 132 Å². The van der Waals surface area contributed by atoms with Crippen molar-refractivity contribution in [1.29, 1.82) is 0 Å². The van der Waals surface area contributed by atoms with E-state index in [-0.39, 0.29) is 23.6 Å². The van der Waals surface area contributed by atoms with Gasteiger partial charge in [0.15, 0.2) is 5.78 Å². The fourth-order valence-electron chi connectivity index (χ4n) is 1.99. The molecule has 0 fully saturated rings. The number of carbonyl (C=O) groups excluding carboxylic acids is 2. The molecule has 0 saturated carbocycles. The summed E-state index contributed by atoms with van der Waals surface area (Å²) in [6.45, 7) is 9.22. The Bertz CT molecular complexity index is 511. The number of hydrogen-bond donors (Lipinski definition) is 0. The lowest BCUT2D eigenvalue weighted by Gasteiger charge is -2.25. The second kappa shape index (κ2) is 7.43. The first-order chi connectivity index (χ1) is 10.1. The van der Waals surface area contributed by atoms with Gasteiger partial charge in [-0.15, -0.1) is 0 Å². The molecule has 0 radical (unpaired) electrons. The molecule has 0 saturated heterocycles. The molecule has 0 N–H and O–H groups in total. The molecule has 0 heterocycles. The number of carbonyl (C=O) groups is 2. The van der Waals surface area contributed by atoms with E-state index < -0.39 is 5.60 Å². The van der Waals surface area contributed by atoms with Crippen LogP contribution in [0.15, 0.2) is 24.3 Å². The Morgan fingerprint density at radius 1 is 1.09 bits per heavy atom. The molecule has 0 aliphatic carbocycles. The van der Waals surface area contributed by atoms with Gasteiger partial charge in [0, 0.05) is 12.0 Å². The minimum atomic E-state index is -0.509. The lowest BCUT2D eigenvalue weighted by Crippen LogP contribution is -2.31. The minimum Gasteiger partial charge on any atom is -0.497 e. The van der Waals surface area contributed by atoms with Crippen LogP contribution in [0.3, 0.4) is 0 Å². The SMILES string of the molecule is COc1ccc(C(=O)C[C@@H](C)[C@@H](C)C(=O)OC(C)(C)C)cc1. The van der Waals surface area contributed by atoms with Crippen LogP contribution in [0.25, 0.3) is 0 Å². The molecule has 0 aliphatic rings. The van der Waals surface area contributed by atoms with E-state index in [2.05, 4.69) is 0 Å². The maximum atomic E-state index is 12.3. The van der Waals surface area contributed by atoms with Gasteiger partial charge in [0.25, 0.3) is 0 Å². The van der Waals surface area contributed by atoms with Crippen LogP contribution in [-0.2, 0) is 9.53 Å². The molecule has 1 aromatic rings. The monoisotopic (exact) mass is 306 g/mol. The molecule has 2 atom stereocenters. The molecule has 4 nitrogen and oxygen atoms in total. The maximum Gasteiger partial charge on any atom is 0.309 e. The molecule has 0 amide bonds. The smallest absolute Gasteiger partial charge is 0.309 e. The predicted molar refractivity (Wildman–Crippen MR) is 86.1 cm³/mol. The second-order valence-electron chi connectivity index (χ2n) is 6.66. The van der Waals surface area contributed by atoms with Crippen molar-refractivity contribution in [2.24, 2.45) is 11.8 Å². The third-order valence-electron chi connectivity index (χ3n) is 3.55. The van der Waals surface area contributed by atoms with Crippen molar-refractivity contribution in [2.45, 2.75) is 46.6 Å². The van der Waals surface area contributed by atoms with Gasteiger partial charge in [-0.05, 0) is 51.0 Å². The summed E-state index contributed by atoms with van der Waals surface area (Å²) in [7, 11) is 1.58. The predicted octanol–water partition coefficient (Wildman–Crippen LogP) is 3.88. The van der Waals surface area contributed by atoms with Crippen LogP contribution in [0.5, 0.6) is 5.75 Å². The van der Waals surface area contributed by atoms with Crippen molar-refractivity contribution in [3.63, 3.8) is 0 Å². The molecule has 0 aliphatic heterocycles.